The van der Waals surface area contributed by atoms with E-state index in [1.165, 1.54) is 4.68 Å². The number of aromatic nitrogens is 4. The summed E-state index contributed by atoms with van der Waals surface area (Å²) in [5, 5.41) is 4.34. The molecule has 2 rings (SSSR count). The van der Waals surface area contributed by atoms with Crippen molar-refractivity contribution >= 4 is 17.9 Å². The molecule has 0 radical (unpaired) electrons. The quantitative estimate of drug-likeness (QED) is 0.589. The fraction of sp³-hybridized carbons (Fsp3) is 0.200. The Labute approximate surface area is 97.1 Å². The molecular weight excluding hydrogens is 228 g/mol. The molecule has 5 nitrogen and oxygen atoms in total. The van der Waals surface area contributed by atoms with Gasteiger partial charge in [0.05, 0.1) is 11.3 Å². The molecule has 0 fully saturated rings. The number of carbonyl (C=O) groups excluding carboxylic acids is 1. The zero-order chi connectivity index (χ0) is 11.7. The van der Waals surface area contributed by atoms with Gasteiger partial charge in [0, 0.05) is 18.0 Å². The molecule has 0 amide bonds. The van der Waals surface area contributed by atoms with Gasteiger partial charge in [-0.3, -0.25) is 4.79 Å². The van der Waals surface area contributed by atoms with Gasteiger partial charge in [0.2, 0.25) is 5.28 Å². The predicted octanol–water partition coefficient (Wildman–Crippen LogP) is 1.75. The van der Waals surface area contributed by atoms with Gasteiger partial charge in [-0.1, -0.05) is 0 Å². The lowest BCUT2D eigenvalue weighted by Crippen LogP contribution is -2.02. The Hall–Kier alpha value is -1.75. The van der Waals surface area contributed by atoms with Crippen molar-refractivity contribution < 1.29 is 4.79 Å². The van der Waals surface area contributed by atoms with E-state index in [4.69, 9.17) is 11.6 Å². The van der Waals surface area contributed by atoms with Crippen LogP contribution in [0.15, 0.2) is 12.4 Å². The maximum atomic E-state index is 10.7. The lowest BCUT2D eigenvalue weighted by molar-refractivity contribution is 0.112. The third kappa shape index (κ3) is 1.81. The van der Waals surface area contributed by atoms with Gasteiger partial charge in [-0.05, 0) is 25.4 Å². The molecule has 0 unspecified atom stereocenters. The highest BCUT2D eigenvalue weighted by Gasteiger charge is 2.09. The van der Waals surface area contributed by atoms with Crippen LogP contribution in [-0.4, -0.2) is 26.0 Å². The zero-order valence-electron chi connectivity index (χ0n) is 8.81. The first kappa shape index (κ1) is 10.8. The Morgan fingerprint density at radius 2 is 2.19 bits per heavy atom. The molecule has 0 bridgehead atoms. The van der Waals surface area contributed by atoms with E-state index in [0.717, 1.165) is 11.8 Å². The summed E-state index contributed by atoms with van der Waals surface area (Å²) >= 11 is 5.71. The third-order valence-corrected chi connectivity index (χ3v) is 2.38. The second kappa shape index (κ2) is 4.02. The Balaban J connectivity index is 2.57. The van der Waals surface area contributed by atoms with Crippen LogP contribution in [0.4, 0.5) is 0 Å². The van der Waals surface area contributed by atoms with Crippen LogP contribution >= 0.6 is 11.6 Å². The molecule has 2 heterocycles. The van der Waals surface area contributed by atoms with E-state index in [0.29, 0.717) is 17.1 Å². The predicted molar refractivity (Wildman–Crippen MR) is 59.0 cm³/mol. The second-order valence-electron chi connectivity index (χ2n) is 3.38. The molecule has 2 aromatic rings. The SMILES string of the molecule is Cc1cnc(Cl)nc1-n1cc(C=O)c(C)n1. The summed E-state index contributed by atoms with van der Waals surface area (Å²) in [6.07, 6.45) is 3.99. The summed E-state index contributed by atoms with van der Waals surface area (Å²) in [7, 11) is 0. The second-order valence-corrected chi connectivity index (χ2v) is 3.72. The van der Waals surface area contributed by atoms with Crippen molar-refractivity contribution in [3.8, 4) is 5.82 Å². The van der Waals surface area contributed by atoms with Crippen LogP contribution in [0.25, 0.3) is 5.82 Å². The summed E-state index contributed by atoms with van der Waals surface area (Å²) in [6, 6.07) is 0. The van der Waals surface area contributed by atoms with Gasteiger partial charge in [-0.15, -0.1) is 0 Å². The molecule has 6 heteroatoms. The Kier molecular flexibility index (Phi) is 2.70. The van der Waals surface area contributed by atoms with Gasteiger partial charge in [-0.2, -0.15) is 10.1 Å². The highest BCUT2D eigenvalue weighted by Crippen LogP contribution is 2.13. The van der Waals surface area contributed by atoms with Crippen molar-refractivity contribution in [3.63, 3.8) is 0 Å². The molecule has 0 aliphatic carbocycles. The van der Waals surface area contributed by atoms with Gasteiger partial charge in [0.15, 0.2) is 12.1 Å². The molecule has 0 aromatic carbocycles. The Bertz CT molecular complexity index is 550. The van der Waals surface area contributed by atoms with Gasteiger partial charge in [-0.25, -0.2) is 9.67 Å². The molecule has 0 aliphatic rings. The number of aryl methyl sites for hydroxylation is 2. The molecule has 0 spiro atoms. The molecule has 0 atom stereocenters. The summed E-state index contributed by atoms with van der Waals surface area (Å²) < 4.78 is 1.53. The monoisotopic (exact) mass is 236 g/mol. The lowest BCUT2D eigenvalue weighted by atomic mass is 10.3. The van der Waals surface area contributed by atoms with Gasteiger partial charge in [0.1, 0.15) is 0 Å². The molecule has 0 N–H and O–H groups in total. The largest absolute Gasteiger partial charge is 0.298 e. The van der Waals surface area contributed by atoms with Crippen LogP contribution in [0.1, 0.15) is 21.6 Å². The van der Waals surface area contributed by atoms with Crippen molar-refractivity contribution in [1.29, 1.82) is 0 Å². The van der Waals surface area contributed by atoms with E-state index in [-0.39, 0.29) is 5.28 Å². The first-order chi connectivity index (χ1) is 7.61. The van der Waals surface area contributed by atoms with E-state index in [1.807, 2.05) is 6.92 Å². The summed E-state index contributed by atoms with van der Waals surface area (Å²) in [5.41, 5.74) is 2.03. The number of nitrogens with zero attached hydrogens (tertiary/aromatic N) is 4. The minimum Gasteiger partial charge on any atom is -0.298 e. The zero-order valence-corrected chi connectivity index (χ0v) is 9.56. The Morgan fingerprint density at radius 1 is 1.44 bits per heavy atom. The van der Waals surface area contributed by atoms with Crippen molar-refractivity contribution in [2.45, 2.75) is 13.8 Å². The van der Waals surface area contributed by atoms with Crippen molar-refractivity contribution in [3.05, 3.63) is 34.5 Å². The van der Waals surface area contributed by atoms with Gasteiger partial charge < -0.3 is 0 Å². The van der Waals surface area contributed by atoms with Crippen LogP contribution < -0.4 is 0 Å². The van der Waals surface area contributed by atoms with E-state index in [1.54, 1.807) is 19.3 Å². The van der Waals surface area contributed by atoms with Crippen LogP contribution in [0.5, 0.6) is 0 Å². The molecule has 16 heavy (non-hydrogen) atoms. The summed E-state index contributed by atoms with van der Waals surface area (Å²) in [6.45, 7) is 3.61. The number of aldehydes is 1. The average molecular weight is 237 g/mol. The third-order valence-electron chi connectivity index (χ3n) is 2.20. The molecule has 82 valence electrons. The number of carbonyl (C=O) groups is 1. The molecule has 0 aliphatic heterocycles. The first-order valence-corrected chi connectivity index (χ1v) is 5.00. The minimum atomic E-state index is 0.154. The normalized spacial score (nSPS) is 10.4. The highest BCUT2D eigenvalue weighted by molar-refractivity contribution is 6.28. The fourth-order valence-corrected chi connectivity index (χ4v) is 1.47. The number of halogens is 1. The fourth-order valence-electron chi connectivity index (χ4n) is 1.34. The van der Waals surface area contributed by atoms with Crippen LogP contribution in [0, 0.1) is 13.8 Å². The maximum Gasteiger partial charge on any atom is 0.224 e. The average Bonchev–Trinajstić information content (AvgIpc) is 2.63. The standard InChI is InChI=1S/C10H9ClN4O/c1-6-3-12-10(11)13-9(6)15-4-8(5-16)7(2)14-15/h3-5H,1-2H3. The smallest absolute Gasteiger partial charge is 0.224 e. The molecule has 0 saturated heterocycles. The van der Waals surface area contributed by atoms with Crippen LogP contribution in [-0.2, 0) is 0 Å². The van der Waals surface area contributed by atoms with Gasteiger partial charge >= 0.3 is 0 Å². The van der Waals surface area contributed by atoms with E-state index < -0.39 is 0 Å². The lowest BCUT2D eigenvalue weighted by Gasteiger charge is -2.03. The Morgan fingerprint density at radius 3 is 2.81 bits per heavy atom. The van der Waals surface area contributed by atoms with Crippen molar-refractivity contribution in [2.75, 3.05) is 0 Å². The van der Waals surface area contributed by atoms with Crippen molar-refractivity contribution in [1.82, 2.24) is 19.7 Å². The van der Waals surface area contributed by atoms with Gasteiger partial charge in [0.25, 0.3) is 0 Å². The minimum absolute atomic E-state index is 0.154. The van der Waals surface area contributed by atoms with E-state index >= 15 is 0 Å². The van der Waals surface area contributed by atoms with Crippen molar-refractivity contribution in [2.24, 2.45) is 0 Å². The molecular formula is C10H9ClN4O. The number of hydrogen-bond acceptors (Lipinski definition) is 4. The summed E-state index contributed by atoms with van der Waals surface area (Å²) in [5.74, 6) is 0.580. The van der Waals surface area contributed by atoms with Crippen LogP contribution in [0.3, 0.4) is 0 Å². The first-order valence-electron chi connectivity index (χ1n) is 4.63. The van der Waals surface area contributed by atoms with E-state index in [2.05, 4.69) is 15.1 Å². The number of rotatable bonds is 2. The number of hydrogen-bond donors (Lipinski definition) is 0. The molecule has 0 saturated carbocycles. The summed E-state index contributed by atoms with van der Waals surface area (Å²) in [4.78, 5) is 18.6. The highest BCUT2D eigenvalue weighted by atomic mass is 35.5. The topological polar surface area (TPSA) is 60.7 Å². The van der Waals surface area contributed by atoms with Crippen LogP contribution in [0.2, 0.25) is 5.28 Å². The maximum absolute atomic E-state index is 10.7. The molecule has 2 aromatic heterocycles. The van der Waals surface area contributed by atoms with E-state index in [9.17, 15) is 4.79 Å².